The zero-order chi connectivity index (χ0) is 11.2. The lowest BCUT2D eigenvalue weighted by molar-refractivity contribution is -0.138. The van der Waals surface area contributed by atoms with Gasteiger partial charge in [-0.25, -0.2) is 4.79 Å². The SMILES string of the molecule is C=C(C)C(=O)OCCCS(=O)(=O)OC. The van der Waals surface area contributed by atoms with Crippen molar-refractivity contribution < 1.29 is 22.1 Å². The Morgan fingerprint density at radius 1 is 1.43 bits per heavy atom. The summed E-state index contributed by atoms with van der Waals surface area (Å²) in [5.74, 6) is -0.674. The number of carbonyl (C=O) groups is 1. The summed E-state index contributed by atoms with van der Waals surface area (Å²) in [6.07, 6.45) is 0.217. The number of hydrogen-bond donors (Lipinski definition) is 0. The first kappa shape index (κ1) is 13.1. The van der Waals surface area contributed by atoms with E-state index in [2.05, 4.69) is 15.5 Å². The lowest BCUT2D eigenvalue weighted by atomic mass is 10.4. The molecule has 0 amide bonds. The van der Waals surface area contributed by atoms with E-state index in [-0.39, 0.29) is 18.8 Å². The molecule has 0 rings (SSSR count). The van der Waals surface area contributed by atoms with Gasteiger partial charge in [0.05, 0.1) is 19.5 Å². The fourth-order valence-corrected chi connectivity index (χ4v) is 1.25. The fraction of sp³-hybridized carbons (Fsp3) is 0.625. The van der Waals surface area contributed by atoms with E-state index in [4.69, 9.17) is 0 Å². The molecule has 0 aromatic carbocycles. The molecule has 0 radical (unpaired) electrons. The van der Waals surface area contributed by atoms with E-state index in [9.17, 15) is 13.2 Å². The highest BCUT2D eigenvalue weighted by Crippen LogP contribution is 1.97. The van der Waals surface area contributed by atoms with Crippen LogP contribution in [0.5, 0.6) is 0 Å². The van der Waals surface area contributed by atoms with E-state index in [1.54, 1.807) is 0 Å². The molecule has 0 aromatic rings. The summed E-state index contributed by atoms with van der Waals surface area (Å²) in [5, 5.41) is 0. The van der Waals surface area contributed by atoms with Crippen molar-refractivity contribution in [3.63, 3.8) is 0 Å². The molecule has 0 N–H and O–H groups in total. The van der Waals surface area contributed by atoms with Gasteiger partial charge < -0.3 is 4.74 Å². The van der Waals surface area contributed by atoms with Crippen LogP contribution in [-0.4, -0.2) is 33.9 Å². The molecular formula is C8H14O5S. The summed E-state index contributed by atoms with van der Waals surface area (Å²) in [6, 6.07) is 0. The van der Waals surface area contributed by atoms with Crippen LogP contribution in [0.15, 0.2) is 12.2 Å². The number of carbonyl (C=O) groups excluding carboxylic acids is 1. The molecule has 5 nitrogen and oxygen atoms in total. The van der Waals surface area contributed by atoms with Crippen molar-refractivity contribution in [3.05, 3.63) is 12.2 Å². The zero-order valence-corrected chi connectivity index (χ0v) is 9.09. The molecule has 0 aliphatic carbocycles. The first-order valence-corrected chi connectivity index (χ1v) is 5.57. The van der Waals surface area contributed by atoms with Gasteiger partial charge in [0, 0.05) is 5.57 Å². The van der Waals surface area contributed by atoms with E-state index in [1.165, 1.54) is 6.92 Å². The number of rotatable bonds is 6. The van der Waals surface area contributed by atoms with Crippen LogP contribution in [0, 0.1) is 0 Å². The minimum absolute atomic E-state index is 0.0499. The minimum Gasteiger partial charge on any atom is -0.462 e. The Balaban J connectivity index is 3.68. The van der Waals surface area contributed by atoms with Gasteiger partial charge in [0.15, 0.2) is 0 Å². The van der Waals surface area contributed by atoms with Crippen LogP contribution in [0.3, 0.4) is 0 Å². The summed E-state index contributed by atoms with van der Waals surface area (Å²) in [7, 11) is -2.36. The molecule has 14 heavy (non-hydrogen) atoms. The van der Waals surface area contributed by atoms with Gasteiger partial charge in [-0.05, 0) is 13.3 Å². The van der Waals surface area contributed by atoms with E-state index >= 15 is 0 Å². The van der Waals surface area contributed by atoms with Gasteiger partial charge in [-0.3, -0.25) is 4.18 Å². The normalized spacial score (nSPS) is 11.0. The molecule has 0 unspecified atom stereocenters. The van der Waals surface area contributed by atoms with Crippen LogP contribution in [0.1, 0.15) is 13.3 Å². The average molecular weight is 222 g/mol. The first-order valence-electron chi connectivity index (χ1n) is 4.00. The van der Waals surface area contributed by atoms with Crippen molar-refractivity contribution in [2.75, 3.05) is 19.5 Å². The summed E-state index contributed by atoms with van der Waals surface area (Å²) >= 11 is 0. The van der Waals surface area contributed by atoms with Crippen LogP contribution >= 0.6 is 0 Å². The second-order valence-corrected chi connectivity index (χ2v) is 4.56. The molecule has 0 aliphatic rings. The van der Waals surface area contributed by atoms with Crippen LogP contribution in [0.2, 0.25) is 0 Å². The van der Waals surface area contributed by atoms with E-state index in [0.717, 1.165) is 7.11 Å². The van der Waals surface area contributed by atoms with Gasteiger partial charge in [0.25, 0.3) is 10.1 Å². The molecule has 6 heteroatoms. The highest BCUT2D eigenvalue weighted by atomic mass is 32.2. The van der Waals surface area contributed by atoms with Gasteiger partial charge >= 0.3 is 5.97 Å². The van der Waals surface area contributed by atoms with E-state index < -0.39 is 16.1 Å². The van der Waals surface area contributed by atoms with E-state index in [0.29, 0.717) is 5.57 Å². The lowest BCUT2D eigenvalue weighted by Gasteiger charge is -2.03. The topological polar surface area (TPSA) is 69.7 Å². The van der Waals surface area contributed by atoms with Crippen molar-refractivity contribution in [2.24, 2.45) is 0 Å². The average Bonchev–Trinajstić information content (AvgIpc) is 2.12. The van der Waals surface area contributed by atoms with Crippen molar-refractivity contribution >= 4 is 16.1 Å². The Morgan fingerprint density at radius 3 is 2.43 bits per heavy atom. The standard InChI is InChI=1S/C8H14O5S/c1-7(2)8(9)13-5-4-6-14(10,11)12-3/h1,4-6H2,2-3H3. The van der Waals surface area contributed by atoms with Gasteiger partial charge in [-0.15, -0.1) is 0 Å². The second kappa shape index (κ2) is 5.77. The van der Waals surface area contributed by atoms with Crippen LogP contribution < -0.4 is 0 Å². The molecule has 0 bridgehead atoms. The van der Waals surface area contributed by atoms with Crippen LogP contribution in [0.25, 0.3) is 0 Å². The smallest absolute Gasteiger partial charge is 0.333 e. The molecule has 0 saturated carbocycles. The predicted octanol–water partition coefficient (Wildman–Crippen LogP) is 0.472. The fourth-order valence-electron chi connectivity index (χ4n) is 0.607. The first-order chi connectivity index (χ1) is 6.39. The predicted molar refractivity (Wildman–Crippen MR) is 51.2 cm³/mol. The van der Waals surface area contributed by atoms with Crippen molar-refractivity contribution in [2.45, 2.75) is 13.3 Å². The highest BCUT2D eigenvalue weighted by molar-refractivity contribution is 7.86. The van der Waals surface area contributed by atoms with Gasteiger partial charge in [-0.2, -0.15) is 8.42 Å². The van der Waals surface area contributed by atoms with Gasteiger partial charge in [0.1, 0.15) is 0 Å². The summed E-state index contributed by atoms with van der Waals surface area (Å²) in [6.45, 7) is 4.95. The van der Waals surface area contributed by atoms with E-state index in [1.807, 2.05) is 0 Å². The molecule has 82 valence electrons. The maximum Gasteiger partial charge on any atom is 0.333 e. The molecule has 0 fully saturated rings. The summed E-state index contributed by atoms with van der Waals surface area (Å²) in [5.41, 5.74) is 0.291. The molecular weight excluding hydrogens is 208 g/mol. The molecule has 0 aliphatic heterocycles. The van der Waals surface area contributed by atoms with Crippen molar-refractivity contribution in [1.29, 1.82) is 0 Å². The Hall–Kier alpha value is -0.880. The quantitative estimate of drug-likeness (QED) is 0.283. The maximum absolute atomic E-state index is 10.8. The molecule has 0 aromatic heterocycles. The Bertz CT molecular complexity index is 304. The molecule has 0 saturated heterocycles. The monoisotopic (exact) mass is 222 g/mol. The van der Waals surface area contributed by atoms with Gasteiger partial charge in [-0.1, -0.05) is 6.58 Å². The van der Waals surface area contributed by atoms with Crippen molar-refractivity contribution in [3.8, 4) is 0 Å². The third kappa shape index (κ3) is 5.71. The third-order valence-corrected chi connectivity index (χ3v) is 2.67. The summed E-state index contributed by atoms with van der Waals surface area (Å²) in [4.78, 5) is 10.8. The maximum atomic E-state index is 10.8. The largest absolute Gasteiger partial charge is 0.462 e. The van der Waals surface area contributed by atoms with Crippen LogP contribution in [-0.2, 0) is 23.8 Å². The van der Waals surface area contributed by atoms with Gasteiger partial charge in [0.2, 0.25) is 0 Å². The number of esters is 1. The highest BCUT2D eigenvalue weighted by Gasteiger charge is 2.09. The zero-order valence-electron chi connectivity index (χ0n) is 8.28. The number of ether oxygens (including phenoxy) is 1. The second-order valence-electron chi connectivity index (χ2n) is 2.70. The lowest BCUT2D eigenvalue weighted by Crippen LogP contribution is -2.12. The third-order valence-electron chi connectivity index (χ3n) is 1.37. The Labute approximate surface area is 83.8 Å². The van der Waals surface area contributed by atoms with Crippen molar-refractivity contribution in [1.82, 2.24) is 0 Å². The minimum atomic E-state index is -3.45. The number of hydrogen-bond acceptors (Lipinski definition) is 5. The summed E-state index contributed by atoms with van der Waals surface area (Å²) < 4.78 is 30.5. The Kier molecular flexibility index (Phi) is 5.40. The molecule has 0 heterocycles. The molecule has 0 spiro atoms. The van der Waals surface area contributed by atoms with Crippen LogP contribution in [0.4, 0.5) is 0 Å². The molecule has 0 atom stereocenters. The Morgan fingerprint density at radius 2 is 2.00 bits per heavy atom.